The first kappa shape index (κ1) is 8.86. The number of carboxylic acids is 1. The Hall–Kier alpha value is -1.23. The first-order valence-corrected chi connectivity index (χ1v) is 3.93. The molecule has 0 radical (unpaired) electrons. The number of hydrogen-bond donors (Lipinski definition) is 1. The van der Waals surface area contributed by atoms with Crippen LogP contribution in [0.15, 0.2) is 21.6 Å². The van der Waals surface area contributed by atoms with Crippen molar-refractivity contribution in [2.75, 3.05) is 0 Å². The molecule has 1 heterocycles. The molecule has 0 spiro atoms. The van der Waals surface area contributed by atoms with Crippen LogP contribution in [0, 0.1) is 0 Å². The quantitative estimate of drug-likeness (QED) is 0.711. The number of carbonyl (C=O) groups excluding carboxylic acids is 1. The van der Waals surface area contributed by atoms with Gasteiger partial charge in [0.05, 0.1) is 0 Å². The molecule has 0 unspecified atom stereocenters. The van der Waals surface area contributed by atoms with E-state index in [4.69, 9.17) is 9.52 Å². The molecule has 4 nitrogen and oxygen atoms in total. The lowest BCUT2D eigenvalue weighted by atomic mass is 10.5. The average Bonchev–Trinajstić information content (AvgIpc) is 2.34. The maximum atomic E-state index is 10.5. The van der Waals surface area contributed by atoms with Gasteiger partial charge in [0, 0.05) is 6.92 Å². The summed E-state index contributed by atoms with van der Waals surface area (Å²) in [5, 5.41) is 8.61. The van der Waals surface area contributed by atoms with Gasteiger partial charge >= 0.3 is 5.97 Å². The van der Waals surface area contributed by atoms with Gasteiger partial charge in [0.2, 0.25) is 5.76 Å². The normalized spacial score (nSPS) is 9.75. The second-order valence-electron chi connectivity index (χ2n) is 2.02. The topological polar surface area (TPSA) is 67.5 Å². The lowest BCUT2D eigenvalue weighted by Crippen LogP contribution is -1.91. The summed E-state index contributed by atoms with van der Waals surface area (Å²) in [6.07, 6.45) is 0. The Morgan fingerprint density at radius 3 is 2.58 bits per heavy atom. The molecule has 0 amide bonds. The van der Waals surface area contributed by atoms with Gasteiger partial charge in [-0.25, -0.2) is 4.79 Å². The molecule has 0 aliphatic heterocycles. The van der Waals surface area contributed by atoms with Crippen LogP contribution in [-0.4, -0.2) is 16.2 Å². The van der Waals surface area contributed by atoms with E-state index in [2.05, 4.69) is 0 Å². The summed E-state index contributed by atoms with van der Waals surface area (Å²) in [4.78, 5) is 20.9. The first-order chi connectivity index (χ1) is 5.59. The zero-order valence-electron chi connectivity index (χ0n) is 6.23. The van der Waals surface area contributed by atoms with Crippen molar-refractivity contribution in [3.63, 3.8) is 0 Å². The zero-order chi connectivity index (χ0) is 9.14. The van der Waals surface area contributed by atoms with E-state index in [1.807, 2.05) is 0 Å². The molecule has 0 aromatic carbocycles. The van der Waals surface area contributed by atoms with Crippen LogP contribution >= 0.6 is 11.8 Å². The molecule has 5 heteroatoms. The number of hydrogen-bond acceptors (Lipinski definition) is 4. The highest BCUT2D eigenvalue weighted by Gasteiger charge is 2.10. The Balaban J connectivity index is 2.77. The molecule has 12 heavy (non-hydrogen) atoms. The predicted molar refractivity (Wildman–Crippen MR) is 42.2 cm³/mol. The van der Waals surface area contributed by atoms with Crippen molar-refractivity contribution in [3.05, 3.63) is 17.9 Å². The zero-order valence-corrected chi connectivity index (χ0v) is 7.05. The molecule has 1 N–H and O–H groups in total. The molecule has 1 rings (SSSR count). The van der Waals surface area contributed by atoms with E-state index in [0.717, 1.165) is 11.8 Å². The van der Waals surface area contributed by atoms with Gasteiger partial charge in [0.1, 0.15) is 0 Å². The third kappa shape index (κ3) is 2.13. The highest BCUT2D eigenvalue weighted by molar-refractivity contribution is 8.13. The number of carboxylic acid groups (broad SMARTS) is 1. The lowest BCUT2D eigenvalue weighted by Gasteiger charge is -1.88. The summed E-state index contributed by atoms with van der Waals surface area (Å²) < 4.78 is 4.80. The first-order valence-electron chi connectivity index (χ1n) is 3.11. The van der Waals surface area contributed by atoms with Crippen molar-refractivity contribution in [2.24, 2.45) is 0 Å². The summed E-state index contributed by atoms with van der Waals surface area (Å²) in [6.45, 7) is 1.38. The van der Waals surface area contributed by atoms with E-state index in [1.165, 1.54) is 19.1 Å². The second-order valence-corrected chi connectivity index (χ2v) is 3.20. The molecule has 1 aromatic heterocycles. The van der Waals surface area contributed by atoms with Crippen molar-refractivity contribution in [1.82, 2.24) is 0 Å². The SMILES string of the molecule is CC(=O)Sc1ccc(C(=O)O)o1. The molecular weight excluding hydrogens is 180 g/mol. The number of thioether (sulfide) groups is 1. The Morgan fingerprint density at radius 2 is 2.17 bits per heavy atom. The van der Waals surface area contributed by atoms with Crippen LogP contribution in [0.5, 0.6) is 0 Å². The van der Waals surface area contributed by atoms with Gasteiger partial charge in [-0.05, 0) is 23.9 Å². The molecule has 0 aliphatic carbocycles. The molecule has 0 atom stereocenters. The van der Waals surface area contributed by atoms with E-state index in [9.17, 15) is 9.59 Å². The van der Waals surface area contributed by atoms with Gasteiger partial charge in [0.25, 0.3) is 0 Å². The maximum absolute atomic E-state index is 10.5. The van der Waals surface area contributed by atoms with Crippen LogP contribution in [-0.2, 0) is 4.79 Å². The van der Waals surface area contributed by atoms with Crippen LogP contribution in [0.1, 0.15) is 17.5 Å². The van der Waals surface area contributed by atoms with Crippen molar-refractivity contribution >= 4 is 22.8 Å². The van der Waals surface area contributed by atoms with Crippen molar-refractivity contribution in [2.45, 2.75) is 12.0 Å². The Kier molecular flexibility index (Phi) is 2.54. The number of carbonyl (C=O) groups is 2. The molecule has 1 aromatic rings. The summed E-state index contributed by atoms with van der Waals surface area (Å²) in [6, 6.07) is 2.77. The smallest absolute Gasteiger partial charge is 0.371 e. The van der Waals surface area contributed by atoms with Crippen molar-refractivity contribution in [3.8, 4) is 0 Å². The Labute approximate surface area is 72.6 Å². The minimum Gasteiger partial charge on any atom is -0.475 e. The second kappa shape index (κ2) is 3.44. The highest BCUT2D eigenvalue weighted by atomic mass is 32.2. The molecule has 64 valence electrons. The van der Waals surface area contributed by atoms with Crippen LogP contribution in [0.25, 0.3) is 0 Å². The van der Waals surface area contributed by atoms with Crippen LogP contribution < -0.4 is 0 Å². The maximum Gasteiger partial charge on any atom is 0.371 e. The Bertz CT molecular complexity index is 315. The van der Waals surface area contributed by atoms with Gasteiger partial charge < -0.3 is 9.52 Å². The molecule has 0 aliphatic rings. The standard InChI is InChI=1S/C7H6O4S/c1-4(8)12-6-3-2-5(11-6)7(9)10/h2-3H,1H3,(H,9,10). The van der Waals surface area contributed by atoms with Crippen LogP contribution in [0.3, 0.4) is 0 Å². The fourth-order valence-corrected chi connectivity index (χ4v) is 1.18. The van der Waals surface area contributed by atoms with Gasteiger partial charge in [0.15, 0.2) is 10.2 Å². The Morgan fingerprint density at radius 1 is 1.50 bits per heavy atom. The monoisotopic (exact) mass is 186 g/mol. The summed E-state index contributed by atoms with van der Waals surface area (Å²) in [5.41, 5.74) is 0. The van der Waals surface area contributed by atoms with E-state index in [1.54, 1.807) is 0 Å². The van der Waals surface area contributed by atoms with E-state index < -0.39 is 5.97 Å². The van der Waals surface area contributed by atoms with E-state index in [0.29, 0.717) is 5.09 Å². The molecular formula is C7H6O4S. The summed E-state index contributed by atoms with van der Waals surface area (Å²) in [7, 11) is 0. The van der Waals surface area contributed by atoms with Crippen molar-refractivity contribution < 1.29 is 19.1 Å². The number of furan rings is 1. The van der Waals surface area contributed by atoms with Gasteiger partial charge in [-0.1, -0.05) is 0 Å². The number of aromatic carboxylic acids is 1. The lowest BCUT2D eigenvalue weighted by molar-refractivity contribution is -0.109. The summed E-state index contributed by atoms with van der Waals surface area (Å²) >= 11 is 0.868. The predicted octanol–water partition coefficient (Wildman–Crippen LogP) is 1.62. The molecule has 0 saturated carbocycles. The minimum absolute atomic E-state index is 0.138. The van der Waals surface area contributed by atoms with E-state index in [-0.39, 0.29) is 10.9 Å². The van der Waals surface area contributed by atoms with Gasteiger partial charge in [-0.3, -0.25) is 4.79 Å². The van der Waals surface area contributed by atoms with Gasteiger partial charge in [-0.15, -0.1) is 0 Å². The van der Waals surface area contributed by atoms with Crippen LogP contribution in [0.4, 0.5) is 0 Å². The average molecular weight is 186 g/mol. The third-order valence-electron chi connectivity index (χ3n) is 1.04. The van der Waals surface area contributed by atoms with Gasteiger partial charge in [-0.2, -0.15) is 0 Å². The molecule has 0 bridgehead atoms. The fraction of sp³-hybridized carbons (Fsp3) is 0.143. The highest BCUT2D eigenvalue weighted by Crippen LogP contribution is 2.21. The third-order valence-corrected chi connectivity index (χ3v) is 1.74. The fourth-order valence-electron chi connectivity index (χ4n) is 0.632. The van der Waals surface area contributed by atoms with Crippen molar-refractivity contribution in [1.29, 1.82) is 0 Å². The molecule has 0 saturated heterocycles. The van der Waals surface area contributed by atoms with Crippen LogP contribution in [0.2, 0.25) is 0 Å². The largest absolute Gasteiger partial charge is 0.475 e. The summed E-state index contributed by atoms with van der Waals surface area (Å²) in [5.74, 6) is -1.29. The minimum atomic E-state index is -1.13. The number of rotatable bonds is 2. The van der Waals surface area contributed by atoms with E-state index >= 15 is 0 Å². The molecule has 0 fully saturated rings.